The van der Waals surface area contributed by atoms with Crippen LogP contribution in [0.15, 0.2) is 18.2 Å². The number of anilines is 1. The SMILES string of the molecule is CC(N)Cc1ccc(N(C)C(C)C)c(C(F)(F)F)c1. The van der Waals surface area contributed by atoms with E-state index >= 15 is 0 Å². The van der Waals surface area contributed by atoms with E-state index in [4.69, 9.17) is 5.73 Å². The first-order valence-electron chi connectivity index (χ1n) is 6.31. The lowest BCUT2D eigenvalue weighted by Gasteiger charge is -2.27. The smallest absolute Gasteiger partial charge is 0.372 e. The summed E-state index contributed by atoms with van der Waals surface area (Å²) in [5, 5.41) is 0. The van der Waals surface area contributed by atoms with Crippen molar-refractivity contribution in [3.8, 4) is 0 Å². The van der Waals surface area contributed by atoms with E-state index in [2.05, 4.69) is 0 Å². The lowest BCUT2D eigenvalue weighted by Crippen LogP contribution is -2.28. The molecule has 1 rings (SSSR count). The van der Waals surface area contributed by atoms with Crippen molar-refractivity contribution in [1.29, 1.82) is 0 Å². The molecule has 1 unspecified atom stereocenters. The third-order valence-corrected chi connectivity index (χ3v) is 3.08. The molecule has 1 aromatic rings. The van der Waals surface area contributed by atoms with Crippen molar-refractivity contribution in [3.05, 3.63) is 29.3 Å². The maximum Gasteiger partial charge on any atom is 0.418 e. The molecular formula is C14H21F3N2. The summed E-state index contributed by atoms with van der Waals surface area (Å²) in [6.45, 7) is 5.49. The summed E-state index contributed by atoms with van der Waals surface area (Å²) in [5.41, 5.74) is 5.86. The Morgan fingerprint density at radius 1 is 1.21 bits per heavy atom. The van der Waals surface area contributed by atoms with Gasteiger partial charge in [0.2, 0.25) is 0 Å². The summed E-state index contributed by atoms with van der Waals surface area (Å²) in [6.07, 6.45) is -3.92. The molecule has 0 saturated carbocycles. The summed E-state index contributed by atoms with van der Waals surface area (Å²) >= 11 is 0. The van der Waals surface area contributed by atoms with Gasteiger partial charge in [0.05, 0.1) is 5.56 Å². The minimum atomic E-state index is -4.35. The van der Waals surface area contributed by atoms with Crippen molar-refractivity contribution < 1.29 is 13.2 Å². The van der Waals surface area contributed by atoms with E-state index in [1.54, 1.807) is 24.9 Å². The highest BCUT2D eigenvalue weighted by molar-refractivity contribution is 5.56. The van der Waals surface area contributed by atoms with E-state index in [9.17, 15) is 13.2 Å². The molecule has 0 bridgehead atoms. The molecule has 0 aliphatic rings. The number of benzene rings is 1. The molecule has 108 valence electrons. The number of hydrogen-bond acceptors (Lipinski definition) is 2. The van der Waals surface area contributed by atoms with Gasteiger partial charge in [-0.2, -0.15) is 13.2 Å². The summed E-state index contributed by atoms with van der Waals surface area (Å²) in [4.78, 5) is 1.62. The van der Waals surface area contributed by atoms with Crippen molar-refractivity contribution >= 4 is 5.69 Å². The van der Waals surface area contributed by atoms with Gasteiger partial charge in [-0.1, -0.05) is 6.07 Å². The van der Waals surface area contributed by atoms with Gasteiger partial charge in [-0.05, 0) is 44.9 Å². The van der Waals surface area contributed by atoms with Crippen LogP contribution in [0, 0.1) is 0 Å². The van der Waals surface area contributed by atoms with E-state index in [0.717, 1.165) is 0 Å². The van der Waals surface area contributed by atoms with Crippen LogP contribution in [0.5, 0.6) is 0 Å². The molecule has 0 fully saturated rings. The second kappa shape index (κ2) is 5.82. The molecule has 0 aromatic heterocycles. The van der Waals surface area contributed by atoms with Gasteiger partial charge in [0.1, 0.15) is 0 Å². The minimum Gasteiger partial charge on any atom is -0.372 e. The molecule has 19 heavy (non-hydrogen) atoms. The van der Waals surface area contributed by atoms with Crippen molar-refractivity contribution in [1.82, 2.24) is 0 Å². The van der Waals surface area contributed by atoms with Crippen LogP contribution in [0.1, 0.15) is 31.9 Å². The number of nitrogens with two attached hydrogens (primary N) is 1. The van der Waals surface area contributed by atoms with Gasteiger partial charge >= 0.3 is 6.18 Å². The second-order valence-electron chi connectivity index (χ2n) is 5.24. The van der Waals surface area contributed by atoms with Gasteiger partial charge in [0.25, 0.3) is 0 Å². The fourth-order valence-corrected chi connectivity index (χ4v) is 1.89. The topological polar surface area (TPSA) is 29.3 Å². The van der Waals surface area contributed by atoms with Crippen LogP contribution in [0.4, 0.5) is 18.9 Å². The molecule has 0 saturated heterocycles. The molecule has 0 aliphatic carbocycles. The first-order chi connectivity index (χ1) is 8.62. The maximum absolute atomic E-state index is 13.1. The standard InChI is InChI=1S/C14H21F3N2/c1-9(2)19(4)13-6-5-11(7-10(3)18)8-12(13)14(15,16)17/h5-6,8-10H,7,18H2,1-4H3. The Morgan fingerprint density at radius 2 is 1.79 bits per heavy atom. The highest BCUT2D eigenvalue weighted by atomic mass is 19.4. The molecule has 2 N–H and O–H groups in total. The summed E-state index contributed by atoms with van der Waals surface area (Å²) in [5.74, 6) is 0. The normalized spacial score (nSPS) is 13.7. The van der Waals surface area contributed by atoms with Gasteiger partial charge < -0.3 is 10.6 Å². The Kier molecular flexibility index (Phi) is 4.85. The van der Waals surface area contributed by atoms with Crippen LogP contribution in [-0.4, -0.2) is 19.1 Å². The van der Waals surface area contributed by atoms with E-state index in [1.807, 2.05) is 13.8 Å². The van der Waals surface area contributed by atoms with Crippen LogP contribution >= 0.6 is 0 Å². The van der Waals surface area contributed by atoms with Crippen LogP contribution in [0.25, 0.3) is 0 Å². The molecular weight excluding hydrogens is 253 g/mol. The van der Waals surface area contributed by atoms with E-state index in [1.165, 1.54) is 12.1 Å². The summed E-state index contributed by atoms with van der Waals surface area (Å²) < 4.78 is 39.4. The molecule has 0 radical (unpaired) electrons. The Bertz CT molecular complexity index is 425. The third kappa shape index (κ3) is 4.13. The van der Waals surface area contributed by atoms with Crippen LogP contribution in [0.3, 0.4) is 0 Å². The zero-order valence-electron chi connectivity index (χ0n) is 11.8. The molecule has 0 spiro atoms. The zero-order valence-corrected chi connectivity index (χ0v) is 11.8. The quantitative estimate of drug-likeness (QED) is 0.911. The van der Waals surface area contributed by atoms with Crippen molar-refractivity contribution in [2.24, 2.45) is 5.73 Å². The highest BCUT2D eigenvalue weighted by Gasteiger charge is 2.35. The Hall–Kier alpha value is -1.23. The number of halogens is 3. The lowest BCUT2D eigenvalue weighted by atomic mass is 10.0. The summed E-state index contributed by atoms with van der Waals surface area (Å²) in [6, 6.07) is 4.29. The maximum atomic E-state index is 13.1. The van der Waals surface area contributed by atoms with E-state index < -0.39 is 11.7 Å². The number of nitrogens with zero attached hydrogens (tertiary/aromatic N) is 1. The molecule has 5 heteroatoms. The van der Waals surface area contributed by atoms with Crippen molar-refractivity contribution in [2.45, 2.75) is 45.5 Å². The molecule has 2 nitrogen and oxygen atoms in total. The number of alkyl halides is 3. The predicted octanol–water partition coefficient (Wildman–Crippen LogP) is 3.44. The van der Waals surface area contributed by atoms with Crippen molar-refractivity contribution in [2.75, 3.05) is 11.9 Å². The fourth-order valence-electron chi connectivity index (χ4n) is 1.89. The van der Waals surface area contributed by atoms with E-state index in [-0.39, 0.29) is 17.8 Å². The molecule has 0 heterocycles. The second-order valence-corrected chi connectivity index (χ2v) is 5.24. The third-order valence-electron chi connectivity index (χ3n) is 3.08. The lowest BCUT2D eigenvalue weighted by molar-refractivity contribution is -0.137. The van der Waals surface area contributed by atoms with Gasteiger partial charge in [0.15, 0.2) is 0 Å². The average molecular weight is 274 g/mol. The average Bonchev–Trinajstić information content (AvgIpc) is 2.25. The van der Waals surface area contributed by atoms with Gasteiger partial charge in [-0.3, -0.25) is 0 Å². The highest BCUT2D eigenvalue weighted by Crippen LogP contribution is 2.37. The molecule has 0 amide bonds. The molecule has 1 atom stereocenters. The largest absolute Gasteiger partial charge is 0.418 e. The van der Waals surface area contributed by atoms with Gasteiger partial charge in [-0.25, -0.2) is 0 Å². The fraction of sp³-hybridized carbons (Fsp3) is 0.571. The van der Waals surface area contributed by atoms with Crippen molar-refractivity contribution in [3.63, 3.8) is 0 Å². The molecule has 0 aliphatic heterocycles. The predicted molar refractivity (Wildman–Crippen MR) is 72.3 cm³/mol. The van der Waals surface area contributed by atoms with E-state index in [0.29, 0.717) is 12.0 Å². The zero-order chi connectivity index (χ0) is 14.8. The first-order valence-corrected chi connectivity index (χ1v) is 6.31. The number of hydrogen-bond donors (Lipinski definition) is 1. The Morgan fingerprint density at radius 3 is 2.21 bits per heavy atom. The molecule has 1 aromatic carbocycles. The Labute approximate surface area is 112 Å². The van der Waals surface area contributed by atoms with Gasteiger partial charge in [0, 0.05) is 24.8 Å². The van der Waals surface area contributed by atoms with Gasteiger partial charge in [-0.15, -0.1) is 0 Å². The Balaban J connectivity index is 3.25. The van der Waals surface area contributed by atoms with Crippen LogP contribution in [-0.2, 0) is 12.6 Å². The summed E-state index contributed by atoms with van der Waals surface area (Å²) in [7, 11) is 1.67. The monoisotopic (exact) mass is 274 g/mol. The first kappa shape index (κ1) is 15.8. The minimum absolute atomic E-state index is 0.000354. The van der Waals surface area contributed by atoms with Crippen LogP contribution < -0.4 is 10.6 Å². The van der Waals surface area contributed by atoms with Crippen LogP contribution in [0.2, 0.25) is 0 Å². The number of rotatable bonds is 4.